The Labute approximate surface area is 109 Å². The van der Waals surface area contributed by atoms with Crippen LogP contribution >= 0.6 is 0 Å². The Morgan fingerprint density at radius 2 is 2.00 bits per heavy atom. The van der Waals surface area contributed by atoms with Gasteiger partial charge in [-0.15, -0.1) is 0 Å². The fourth-order valence-corrected chi connectivity index (χ4v) is 2.01. The lowest BCUT2D eigenvalue weighted by Crippen LogP contribution is -2.17. The number of para-hydroxylation sites is 1. The molecular formula is C15H22N2O. The molecule has 0 fully saturated rings. The van der Waals surface area contributed by atoms with Gasteiger partial charge in [-0.3, -0.25) is 0 Å². The molecule has 0 saturated carbocycles. The van der Waals surface area contributed by atoms with Gasteiger partial charge in [0.25, 0.3) is 0 Å². The first-order chi connectivity index (χ1) is 8.75. The van der Waals surface area contributed by atoms with E-state index in [-0.39, 0.29) is 0 Å². The number of furan rings is 1. The zero-order valence-electron chi connectivity index (χ0n) is 11.3. The van der Waals surface area contributed by atoms with E-state index in [1.54, 1.807) is 0 Å². The molecule has 3 heteroatoms. The Morgan fingerprint density at radius 3 is 2.78 bits per heavy atom. The first-order valence-corrected chi connectivity index (χ1v) is 6.58. The Bertz CT molecular complexity index is 443. The molecule has 0 atom stereocenters. The monoisotopic (exact) mass is 246 g/mol. The predicted molar refractivity (Wildman–Crippen MR) is 75.7 cm³/mol. The lowest BCUT2D eigenvalue weighted by molar-refractivity contribution is 0.390. The largest absolute Gasteiger partial charge is 0.460 e. The van der Waals surface area contributed by atoms with Gasteiger partial charge in [-0.2, -0.15) is 0 Å². The van der Waals surface area contributed by atoms with Gasteiger partial charge in [0.1, 0.15) is 11.3 Å². The minimum Gasteiger partial charge on any atom is -0.460 e. The van der Waals surface area contributed by atoms with Crippen LogP contribution in [0.1, 0.15) is 18.6 Å². The molecular weight excluding hydrogens is 224 g/mol. The highest BCUT2D eigenvalue weighted by molar-refractivity contribution is 5.77. The number of hydrogen-bond acceptors (Lipinski definition) is 3. The van der Waals surface area contributed by atoms with E-state index in [1.807, 2.05) is 18.2 Å². The minimum absolute atomic E-state index is 0.816. The van der Waals surface area contributed by atoms with E-state index in [9.17, 15) is 0 Å². The first-order valence-electron chi connectivity index (χ1n) is 6.58. The number of rotatable bonds is 7. The Morgan fingerprint density at radius 1 is 1.17 bits per heavy atom. The number of nitrogens with one attached hydrogen (secondary N) is 1. The van der Waals surface area contributed by atoms with Crippen molar-refractivity contribution in [2.75, 3.05) is 27.2 Å². The average Bonchev–Trinajstić information content (AvgIpc) is 2.75. The quantitative estimate of drug-likeness (QED) is 0.761. The fourth-order valence-electron chi connectivity index (χ4n) is 2.01. The van der Waals surface area contributed by atoms with Crippen LogP contribution in [0.15, 0.2) is 34.7 Å². The van der Waals surface area contributed by atoms with Crippen molar-refractivity contribution in [3.63, 3.8) is 0 Å². The molecule has 0 aliphatic heterocycles. The number of unbranched alkanes of at least 4 members (excludes halogenated alkanes) is 1. The molecule has 0 aliphatic carbocycles. The molecule has 0 radical (unpaired) electrons. The molecule has 0 saturated heterocycles. The van der Waals surface area contributed by atoms with E-state index in [0.29, 0.717) is 0 Å². The van der Waals surface area contributed by atoms with Crippen molar-refractivity contribution in [3.05, 3.63) is 36.1 Å². The molecule has 1 aromatic carbocycles. The topological polar surface area (TPSA) is 28.4 Å². The Kier molecular flexibility index (Phi) is 4.79. The standard InChI is InChI=1S/C15H22N2O/c1-17(2)10-6-5-9-16-12-14-11-13-7-3-4-8-15(13)18-14/h3-4,7-8,11,16H,5-6,9-10,12H2,1-2H3. The second kappa shape index (κ2) is 6.57. The van der Waals surface area contributed by atoms with Crippen LogP contribution in [0.4, 0.5) is 0 Å². The van der Waals surface area contributed by atoms with E-state index < -0.39 is 0 Å². The number of benzene rings is 1. The van der Waals surface area contributed by atoms with Crippen LogP contribution in [0.25, 0.3) is 11.0 Å². The minimum atomic E-state index is 0.816. The smallest absolute Gasteiger partial charge is 0.134 e. The van der Waals surface area contributed by atoms with Crippen molar-refractivity contribution < 1.29 is 4.42 Å². The third-order valence-electron chi connectivity index (χ3n) is 2.98. The summed E-state index contributed by atoms with van der Waals surface area (Å²) in [5.74, 6) is 1.02. The summed E-state index contributed by atoms with van der Waals surface area (Å²) in [6, 6.07) is 10.2. The van der Waals surface area contributed by atoms with Gasteiger partial charge in [0, 0.05) is 5.39 Å². The molecule has 2 rings (SSSR count). The maximum atomic E-state index is 5.74. The Hall–Kier alpha value is -1.32. The first kappa shape index (κ1) is 13.1. The van der Waals surface area contributed by atoms with Crippen molar-refractivity contribution >= 4 is 11.0 Å². The normalized spacial score (nSPS) is 11.5. The van der Waals surface area contributed by atoms with Crippen LogP contribution in [0, 0.1) is 0 Å². The van der Waals surface area contributed by atoms with Crippen molar-refractivity contribution in [2.45, 2.75) is 19.4 Å². The zero-order valence-corrected chi connectivity index (χ0v) is 11.3. The van der Waals surface area contributed by atoms with E-state index in [2.05, 4.69) is 36.4 Å². The van der Waals surface area contributed by atoms with Gasteiger partial charge >= 0.3 is 0 Å². The van der Waals surface area contributed by atoms with Gasteiger partial charge in [-0.25, -0.2) is 0 Å². The van der Waals surface area contributed by atoms with Crippen molar-refractivity contribution in [1.82, 2.24) is 10.2 Å². The van der Waals surface area contributed by atoms with Gasteiger partial charge in [0.2, 0.25) is 0 Å². The van der Waals surface area contributed by atoms with Gasteiger partial charge in [-0.05, 0) is 52.2 Å². The second-order valence-corrected chi connectivity index (χ2v) is 4.94. The molecule has 0 unspecified atom stereocenters. The summed E-state index contributed by atoms with van der Waals surface area (Å²) in [4.78, 5) is 2.22. The predicted octanol–water partition coefficient (Wildman–Crippen LogP) is 2.86. The van der Waals surface area contributed by atoms with Crippen LogP contribution in [0.2, 0.25) is 0 Å². The van der Waals surface area contributed by atoms with Gasteiger partial charge in [0.15, 0.2) is 0 Å². The van der Waals surface area contributed by atoms with Crippen molar-refractivity contribution in [1.29, 1.82) is 0 Å². The van der Waals surface area contributed by atoms with Crippen LogP contribution < -0.4 is 5.32 Å². The van der Waals surface area contributed by atoms with Crippen LogP contribution in [-0.4, -0.2) is 32.1 Å². The van der Waals surface area contributed by atoms with Gasteiger partial charge in [0.05, 0.1) is 6.54 Å². The summed E-state index contributed by atoms with van der Waals surface area (Å²) in [7, 11) is 4.23. The number of fused-ring (bicyclic) bond motifs is 1. The Balaban J connectivity index is 1.70. The molecule has 1 aromatic heterocycles. The van der Waals surface area contributed by atoms with E-state index in [4.69, 9.17) is 4.42 Å². The van der Waals surface area contributed by atoms with Crippen molar-refractivity contribution in [3.8, 4) is 0 Å². The molecule has 0 spiro atoms. The van der Waals surface area contributed by atoms with Crippen LogP contribution in [0.3, 0.4) is 0 Å². The van der Waals surface area contributed by atoms with Gasteiger partial charge in [-0.1, -0.05) is 18.2 Å². The highest BCUT2D eigenvalue weighted by Gasteiger charge is 2.01. The SMILES string of the molecule is CN(C)CCCCNCc1cc2ccccc2o1. The number of nitrogens with zero attached hydrogens (tertiary/aromatic N) is 1. The van der Waals surface area contributed by atoms with E-state index in [1.165, 1.54) is 18.2 Å². The molecule has 2 aromatic rings. The highest BCUT2D eigenvalue weighted by Crippen LogP contribution is 2.18. The van der Waals surface area contributed by atoms with E-state index >= 15 is 0 Å². The molecule has 98 valence electrons. The lowest BCUT2D eigenvalue weighted by atomic mass is 10.2. The molecule has 18 heavy (non-hydrogen) atoms. The maximum absolute atomic E-state index is 5.74. The summed E-state index contributed by atoms with van der Waals surface area (Å²) < 4.78 is 5.74. The third-order valence-corrected chi connectivity index (χ3v) is 2.98. The summed E-state index contributed by atoms with van der Waals surface area (Å²) in [5, 5.41) is 4.61. The molecule has 1 heterocycles. The van der Waals surface area contributed by atoms with Crippen LogP contribution in [0.5, 0.6) is 0 Å². The van der Waals surface area contributed by atoms with E-state index in [0.717, 1.165) is 31.0 Å². The molecule has 0 aliphatic rings. The average molecular weight is 246 g/mol. The number of hydrogen-bond donors (Lipinski definition) is 1. The highest BCUT2D eigenvalue weighted by atomic mass is 16.3. The molecule has 0 amide bonds. The van der Waals surface area contributed by atoms with Gasteiger partial charge < -0.3 is 14.6 Å². The maximum Gasteiger partial charge on any atom is 0.134 e. The summed E-state index contributed by atoms with van der Waals surface area (Å²) in [6.07, 6.45) is 2.44. The molecule has 0 bridgehead atoms. The summed E-state index contributed by atoms with van der Waals surface area (Å²) >= 11 is 0. The zero-order chi connectivity index (χ0) is 12.8. The van der Waals surface area contributed by atoms with Crippen LogP contribution in [-0.2, 0) is 6.54 Å². The van der Waals surface area contributed by atoms with Crippen molar-refractivity contribution in [2.24, 2.45) is 0 Å². The fraction of sp³-hybridized carbons (Fsp3) is 0.467. The summed E-state index contributed by atoms with van der Waals surface area (Å²) in [5.41, 5.74) is 0.974. The molecule has 3 nitrogen and oxygen atoms in total. The second-order valence-electron chi connectivity index (χ2n) is 4.94. The lowest BCUT2D eigenvalue weighted by Gasteiger charge is -2.08. The summed E-state index contributed by atoms with van der Waals surface area (Å²) in [6.45, 7) is 3.02. The third kappa shape index (κ3) is 3.86. The molecule has 1 N–H and O–H groups in total.